The maximum Gasteiger partial charge on any atom is 0.307 e. The topological polar surface area (TPSA) is 99.6 Å². The van der Waals surface area contributed by atoms with Gasteiger partial charge < -0.3 is 19.5 Å². The van der Waals surface area contributed by atoms with Gasteiger partial charge >= 0.3 is 11.9 Å². The molecule has 10 heteroatoms. The zero-order valence-corrected chi connectivity index (χ0v) is 34.7. The second kappa shape index (κ2) is 24.9. The Kier molecular flexibility index (Phi) is 19.3. The van der Waals surface area contributed by atoms with Crippen molar-refractivity contribution in [1.82, 2.24) is 4.90 Å². The summed E-state index contributed by atoms with van der Waals surface area (Å²) in [5.74, 6) is -0.186. The van der Waals surface area contributed by atoms with E-state index >= 15 is 0 Å². The maximum atomic E-state index is 12.9. The lowest BCUT2D eigenvalue weighted by atomic mass is 10.0. The molecule has 2 aromatic carbocycles. The molecular formula is C46H67N3O6S. The predicted molar refractivity (Wildman–Crippen MR) is 229 cm³/mol. The third kappa shape index (κ3) is 15.0. The van der Waals surface area contributed by atoms with Crippen molar-refractivity contribution in [2.75, 3.05) is 55.9 Å². The number of esters is 1. The molecule has 5 rings (SSSR count). The number of hydrogen-bond acceptors (Lipinski definition) is 8. The second-order valence-corrected chi connectivity index (χ2v) is 16.7. The van der Waals surface area contributed by atoms with Crippen molar-refractivity contribution in [2.24, 2.45) is 0 Å². The lowest BCUT2D eigenvalue weighted by molar-refractivity contribution is -0.144. The molecule has 1 fully saturated rings. The Morgan fingerprint density at radius 2 is 1.32 bits per heavy atom. The fourth-order valence-corrected chi connectivity index (χ4v) is 8.88. The number of thiophene rings is 1. The van der Waals surface area contributed by atoms with E-state index in [0.29, 0.717) is 32.3 Å². The molecule has 0 radical (unpaired) electrons. The zero-order valence-electron chi connectivity index (χ0n) is 33.9. The molecule has 0 unspecified atom stereocenters. The molecule has 1 amide bonds. The summed E-state index contributed by atoms with van der Waals surface area (Å²) >= 11 is 1.81. The van der Waals surface area contributed by atoms with Crippen molar-refractivity contribution >= 4 is 50.6 Å². The quantitative estimate of drug-likeness (QED) is 0.0573. The summed E-state index contributed by atoms with van der Waals surface area (Å²) in [5, 5.41) is 12.2. The maximum absolute atomic E-state index is 12.9. The fraction of sp³-hybridized carbons (Fsp3) is 0.630. The number of amides is 1. The number of hydrogen-bond donors (Lipinski definition) is 1. The number of carbonyl (C=O) groups is 3. The van der Waals surface area contributed by atoms with Gasteiger partial charge in [-0.2, -0.15) is 0 Å². The van der Waals surface area contributed by atoms with E-state index in [1.54, 1.807) is 4.90 Å². The summed E-state index contributed by atoms with van der Waals surface area (Å²) in [6.45, 7) is 5.91. The Balaban J connectivity index is 0.866. The van der Waals surface area contributed by atoms with Gasteiger partial charge in [-0.25, -0.2) is 0 Å². The van der Waals surface area contributed by atoms with Gasteiger partial charge in [0.15, 0.2) is 6.73 Å². The molecule has 9 nitrogen and oxygen atoms in total. The molecule has 1 aromatic heterocycles. The van der Waals surface area contributed by atoms with Gasteiger partial charge in [-0.1, -0.05) is 102 Å². The largest absolute Gasteiger partial charge is 0.494 e. The standard InChI is InChI=1S/C46H67N3O6S/c50-44-27-25-38-24-26-39(54-34-18-17-29-47-30-32-48(33-31-47)41-20-19-21-43-40(41)28-35-56-43)36-42(38)49(44)37-55-46(53)23-16-14-12-10-8-6-4-2-1-3-5-7-9-11-13-15-22-45(51)52/h19-21,24,26,28,35-36H,1-18,22-23,25,27,29-34,37H2,(H,51,52). The molecule has 1 saturated heterocycles. The van der Waals surface area contributed by atoms with Gasteiger partial charge in [-0.3, -0.25) is 24.2 Å². The number of rotatable bonds is 28. The second-order valence-electron chi connectivity index (χ2n) is 15.8. The monoisotopic (exact) mass is 789 g/mol. The number of unbranched alkanes of at least 4 members (excludes halogenated alkanes) is 16. The Morgan fingerprint density at radius 3 is 1.98 bits per heavy atom. The lowest BCUT2D eigenvalue weighted by Gasteiger charge is -2.36. The molecule has 0 spiro atoms. The SMILES string of the molecule is O=C(O)CCCCCCCCCCCCCCCCCCC(=O)OCN1C(=O)CCc2ccc(OCCCCN3CCN(c4cccc5sccc45)CC3)cc21. The van der Waals surface area contributed by atoms with Crippen molar-refractivity contribution in [3.8, 4) is 5.75 Å². The minimum absolute atomic E-state index is 0.0173. The van der Waals surface area contributed by atoms with Crippen LogP contribution in [0.1, 0.15) is 140 Å². The van der Waals surface area contributed by atoms with E-state index in [9.17, 15) is 14.4 Å². The minimum atomic E-state index is -0.680. The van der Waals surface area contributed by atoms with E-state index in [0.717, 1.165) is 101 Å². The number of ether oxygens (including phenoxy) is 2. The van der Waals surface area contributed by atoms with Crippen LogP contribution >= 0.6 is 11.3 Å². The number of fused-ring (bicyclic) bond motifs is 2. The van der Waals surface area contributed by atoms with Crippen LogP contribution in [0.5, 0.6) is 5.75 Å². The highest BCUT2D eigenvalue weighted by Crippen LogP contribution is 2.33. The molecular weight excluding hydrogens is 723 g/mol. The van der Waals surface area contributed by atoms with E-state index in [4.69, 9.17) is 14.6 Å². The molecule has 1 N–H and O–H groups in total. The van der Waals surface area contributed by atoms with E-state index in [1.807, 2.05) is 29.5 Å². The lowest BCUT2D eigenvalue weighted by Crippen LogP contribution is -2.46. The first-order chi connectivity index (χ1) is 27.5. The van der Waals surface area contributed by atoms with Crippen LogP contribution in [-0.4, -0.2) is 73.9 Å². The Hall–Kier alpha value is -3.63. The first kappa shape index (κ1) is 43.5. The number of nitrogens with zero attached hydrogens (tertiary/aromatic N) is 3. The summed E-state index contributed by atoms with van der Waals surface area (Å²) in [7, 11) is 0. The van der Waals surface area contributed by atoms with Gasteiger partial charge in [-0.05, 0) is 73.9 Å². The van der Waals surface area contributed by atoms with Crippen molar-refractivity contribution < 1.29 is 29.0 Å². The van der Waals surface area contributed by atoms with E-state index < -0.39 is 5.97 Å². The first-order valence-corrected chi connectivity index (χ1v) is 22.7. The number of carboxylic acid groups (broad SMARTS) is 1. The zero-order chi connectivity index (χ0) is 39.2. The Labute approximate surface area is 339 Å². The van der Waals surface area contributed by atoms with E-state index in [-0.39, 0.29) is 18.6 Å². The Morgan fingerprint density at radius 1 is 0.679 bits per heavy atom. The van der Waals surface area contributed by atoms with E-state index in [2.05, 4.69) is 39.4 Å². The fourth-order valence-electron chi connectivity index (χ4n) is 8.07. The molecule has 2 aliphatic rings. The summed E-state index contributed by atoms with van der Waals surface area (Å²) < 4.78 is 13.1. The smallest absolute Gasteiger partial charge is 0.307 e. The van der Waals surface area contributed by atoms with Crippen LogP contribution in [0.15, 0.2) is 47.8 Å². The number of carboxylic acids is 1. The molecule has 2 aliphatic heterocycles. The number of aliphatic carboxylic acids is 1. The molecule has 0 saturated carbocycles. The normalized spacial score (nSPS) is 14.7. The van der Waals surface area contributed by atoms with Gasteiger partial charge in [0.25, 0.3) is 0 Å². The van der Waals surface area contributed by atoms with Crippen LogP contribution in [0.4, 0.5) is 11.4 Å². The highest BCUT2D eigenvalue weighted by molar-refractivity contribution is 7.17. The number of aryl methyl sites for hydroxylation is 1. The van der Waals surface area contributed by atoms with Gasteiger partial charge in [0.05, 0.1) is 12.3 Å². The third-order valence-electron chi connectivity index (χ3n) is 11.5. The predicted octanol–water partition coefficient (Wildman–Crippen LogP) is 10.8. The highest BCUT2D eigenvalue weighted by Gasteiger charge is 2.26. The van der Waals surface area contributed by atoms with Crippen LogP contribution in [0, 0.1) is 0 Å². The average Bonchev–Trinajstić information content (AvgIpc) is 3.69. The number of piperazine rings is 1. The van der Waals surface area contributed by atoms with Crippen LogP contribution < -0.4 is 14.5 Å². The van der Waals surface area contributed by atoms with E-state index in [1.165, 1.54) is 80.0 Å². The highest BCUT2D eigenvalue weighted by atomic mass is 32.1. The van der Waals surface area contributed by atoms with Gasteiger partial charge in [0, 0.05) is 67.3 Å². The van der Waals surface area contributed by atoms with Crippen molar-refractivity contribution in [3.63, 3.8) is 0 Å². The number of carbonyl (C=O) groups excluding carboxylic acids is 2. The summed E-state index contributed by atoms with van der Waals surface area (Å²) in [6, 6.07) is 14.8. The Bertz CT molecular complexity index is 1620. The molecule has 3 heterocycles. The molecule has 3 aromatic rings. The van der Waals surface area contributed by atoms with Crippen LogP contribution in [0.2, 0.25) is 0 Å². The molecule has 308 valence electrons. The molecule has 0 aliphatic carbocycles. The summed E-state index contributed by atoms with van der Waals surface area (Å²) in [5.41, 5.74) is 3.24. The average molecular weight is 790 g/mol. The van der Waals surface area contributed by atoms with Crippen LogP contribution in [-0.2, 0) is 25.5 Å². The van der Waals surface area contributed by atoms with Crippen molar-refractivity contribution in [2.45, 2.75) is 141 Å². The van der Waals surface area contributed by atoms with Crippen LogP contribution in [0.3, 0.4) is 0 Å². The van der Waals surface area contributed by atoms with Crippen molar-refractivity contribution in [3.05, 3.63) is 53.4 Å². The van der Waals surface area contributed by atoms with Gasteiger partial charge in [0.1, 0.15) is 5.75 Å². The molecule has 0 atom stereocenters. The summed E-state index contributed by atoms with van der Waals surface area (Å²) in [6.07, 6.45) is 22.7. The molecule has 56 heavy (non-hydrogen) atoms. The van der Waals surface area contributed by atoms with Gasteiger partial charge in [-0.15, -0.1) is 11.3 Å². The number of anilines is 2. The summed E-state index contributed by atoms with van der Waals surface area (Å²) in [4.78, 5) is 42.7. The van der Waals surface area contributed by atoms with Gasteiger partial charge in [0.2, 0.25) is 5.91 Å². The first-order valence-electron chi connectivity index (χ1n) is 21.8. The van der Waals surface area contributed by atoms with Crippen molar-refractivity contribution in [1.29, 1.82) is 0 Å². The number of benzene rings is 2. The third-order valence-corrected chi connectivity index (χ3v) is 12.3. The molecule has 0 bridgehead atoms. The minimum Gasteiger partial charge on any atom is -0.494 e. The van der Waals surface area contributed by atoms with Crippen LogP contribution in [0.25, 0.3) is 10.1 Å².